The normalized spacial score (nSPS) is 14.1. The number of hydrogen-bond donors (Lipinski definition) is 1. The Kier molecular flexibility index (Phi) is 8.52. The molecule has 6 nitrogen and oxygen atoms in total. The van der Waals surface area contributed by atoms with E-state index >= 15 is 0 Å². The zero-order valence-corrected chi connectivity index (χ0v) is 20.2. The number of hydrogen-bond acceptors (Lipinski definition) is 5. The van der Waals surface area contributed by atoms with Crippen molar-refractivity contribution in [3.8, 4) is 5.75 Å². The van der Waals surface area contributed by atoms with Crippen molar-refractivity contribution in [2.75, 3.05) is 39.9 Å². The number of carbonyl (C=O) groups excluding carboxylic acids is 2. The summed E-state index contributed by atoms with van der Waals surface area (Å²) in [4.78, 5) is 27.3. The van der Waals surface area contributed by atoms with E-state index in [-0.39, 0.29) is 12.5 Å². The highest BCUT2D eigenvalue weighted by molar-refractivity contribution is 5.98. The molecule has 0 atom stereocenters. The lowest BCUT2D eigenvalue weighted by Crippen LogP contribution is -2.31. The molecule has 182 valence electrons. The average Bonchev–Trinajstić information content (AvgIpc) is 3.42. The number of ether oxygens (including phenoxy) is 2. The van der Waals surface area contributed by atoms with Gasteiger partial charge in [0, 0.05) is 11.9 Å². The van der Waals surface area contributed by atoms with Gasteiger partial charge in [-0.3, -0.25) is 4.79 Å². The lowest BCUT2D eigenvalue weighted by Gasteiger charge is -2.15. The van der Waals surface area contributed by atoms with Crippen LogP contribution >= 0.6 is 0 Å². The van der Waals surface area contributed by atoms with Gasteiger partial charge in [-0.25, -0.2) is 4.79 Å². The van der Waals surface area contributed by atoms with Crippen molar-refractivity contribution in [1.82, 2.24) is 10.2 Å². The summed E-state index contributed by atoms with van der Waals surface area (Å²) in [7, 11) is 1.35. The highest BCUT2D eigenvalue weighted by Crippen LogP contribution is 2.25. The number of esters is 1. The maximum atomic E-state index is 13.1. The second kappa shape index (κ2) is 12.2. The highest BCUT2D eigenvalue weighted by Gasteiger charge is 2.14. The number of likely N-dealkylation sites (tertiary alicyclic amines) is 1. The average molecular weight is 473 g/mol. The van der Waals surface area contributed by atoms with Crippen molar-refractivity contribution in [3.05, 3.63) is 83.4 Å². The molecule has 0 aliphatic carbocycles. The van der Waals surface area contributed by atoms with Gasteiger partial charge >= 0.3 is 5.97 Å². The second-order valence-electron chi connectivity index (χ2n) is 8.71. The summed E-state index contributed by atoms with van der Waals surface area (Å²) >= 11 is 0. The predicted molar refractivity (Wildman–Crippen MR) is 139 cm³/mol. The zero-order valence-electron chi connectivity index (χ0n) is 20.2. The van der Waals surface area contributed by atoms with Gasteiger partial charge in [-0.2, -0.15) is 0 Å². The summed E-state index contributed by atoms with van der Waals surface area (Å²) < 4.78 is 10.9. The van der Waals surface area contributed by atoms with Gasteiger partial charge in [0.15, 0.2) is 0 Å². The third-order valence-corrected chi connectivity index (χ3v) is 6.23. The smallest absolute Gasteiger partial charge is 0.337 e. The van der Waals surface area contributed by atoms with E-state index in [0.29, 0.717) is 17.7 Å². The summed E-state index contributed by atoms with van der Waals surface area (Å²) in [6, 6.07) is 20.9. The van der Waals surface area contributed by atoms with Crippen molar-refractivity contribution < 1.29 is 19.1 Å². The van der Waals surface area contributed by atoms with Gasteiger partial charge in [0.1, 0.15) is 12.4 Å². The molecule has 0 unspecified atom stereocenters. The molecule has 0 aromatic heterocycles. The van der Waals surface area contributed by atoms with Gasteiger partial charge in [0.25, 0.3) is 5.91 Å². The van der Waals surface area contributed by atoms with Crippen LogP contribution in [0.2, 0.25) is 0 Å². The number of amides is 1. The monoisotopic (exact) mass is 472 g/mol. The van der Waals surface area contributed by atoms with Crippen LogP contribution in [-0.2, 0) is 9.53 Å². The third-order valence-electron chi connectivity index (χ3n) is 6.23. The van der Waals surface area contributed by atoms with Crippen molar-refractivity contribution in [2.45, 2.75) is 19.3 Å². The Morgan fingerprint density at radius 2 is 1.71 bits per heavy atom. The van der Waals surface area contributed by atoms with Gasteiger partial charge in [-0.15, -0.1) is 0 Å². The van der Waals surface area contributed by atoms with Gasteiger partial charge in [0.05, 0.1) is 18.2 Å². The lowest BCUT2D eigenvalue weighted by atomic mass is 10.1. The van der Waals surface area contributed by atoms with Crippen molar-refractivity contribution >= 4 is 28.7 Å². The van der Waals surface area contributed by atoms with Crippen LogP contribution in [-0.4, -0.2) is 56.7 Å². The van der Waals surface area contributed by atoms with Gasteiger partial charge < -0.3 is 19.7 Å². The van der Waals surface area contributed by atoms with E-state index in [1.807, 2.05) is 48.5 Å². The SMILES string of the molecule is COC(=O)c1ccc(/C=C(\COc2cccc3ccccc23)C(=O)NCCCN2CCCC2)cc1. The maximum Gasteiger partial charge on any atom is 0.337 e. The van der Waals surface area contributed by atoms with Crippen LogP contribution in [0.15, 0.2) is 72.3 Å². The van der Waals surface area contributed by atoms with Gasteiger partial charge in [-0.1, -0.05) is 48.5 Å². The summed E-state index contributed by atoms with van der Waals surface area (Å²) in [5.74, 6) is 0.191. The van der Waals surface area contributed by atoms with Crippen LogP contribution < -0.4 is 10.1 Å². The molecule has 1 aliphatic heterocycles. The molecular weight excluding hydrogens is 440 g/mol. The molecule has 1 fully saturated rings. The summed E-state index contributed by atoms with van der Waals surface area (Å²) in [5.41, 5.74) is 1.79. The number of fused-ring (bicyclic) bond motifs is 1. The fourth-order valence-electron chi connectivity index (χ4n) is 4.31. The minimum Gasteiger partial charge on any atom is -0.488 e. The van der Waals surface area contributed by atoms with Gasteiger partial charge in [0.2, 0.25) is 0 Å². The maximum absolute atomic E-state index is 13.1. The molecule has 1 heterocycles. The molecule has 0 spiro atoms. The molecular formula is C29H32N2O4. The van der Waals surface area contributed by atoms with Crippen LogP contribution in [0.1, 0.15) is 35.2 Å². The third kappa shape index (κ3) is 6.70. The molecule has 1 N–H and O–H groups in total. The molecule has 1 amide bonds. The quantitative estimate of drug-likeness (QED) is 0.263. The number of methoxy groups -OCH3 is 1. The van der Waals surface area contributed by atoms with Crippen molar-refractivity contribution in [1.29, 1.82) is 0 Å². The summed E-state index contributed by atoms with van der Waals surface area (Å²) in [6.07, 6.45) is 5.25. The predicted octanol–water partition coefficient (Wildman–Crippen LogP) is 4.69. The molecule has 3 aromatic carbocycles. The standard InChI is InChI=1S/C29H32N2O4/c1-34-29(33)24-14-12-22(13-15-24)20-25(28(32)30-16-7-19-31-17-4-5-18-31)21-35-27-11-6-9-23-8-2-3-10-26(23)27/h2-3,6,8-15,20H,4-5,7,16-19,21H2,1H3,(H,30,32)/b25-20+. The number of rotatable bonds is 10. The number of nitrogens with zero attached hydrogens (tertiary/aromatic N) is 1. The van der Waals surface area contributed by atoms with Crippen LogP contribution in [0, 0.1) is 0 Å². The molecule has 35 heavy (non-hydrogen) atoms. The molecule has 0 saturated carbocycles. The minimum atomic E-state index is -0.393. The first-order valence-corrected chi connectivity index (χ1v) is 12.1. The number of carbonyl (C=O) groups is 2. The molecule has 6 heteroatoms. The topological polar surface area (TPSA) is 67.9 Å². The van der Waals surface area contributed by atoms with E-state index in [1.54, 1.807) is 24.3 Å². The first-order chi connectivity index (χ1) is 17.1. The van der Waals surface area contributed by atoms with E-state index in [0.717, 1.165) is 48.1 Å². The van der Waals surface area contributed by atoms with Crippen LogP contribution in [0.3, 0.4) is 0 Å². The van der Waals surface area contributed by atoms with Crippen LogP contribution in [0.5, 0.6) is 5.75 Å². The fraction of sp³-hybridized carbons (Fsp3) is 0.310. The van der Waals surface area contributed by atoms with Crippen molar-refractivity contribution in [3.63, 3.8) is 0 Å². The van der Waals surface area contributed by atoms with E-state index in [2.05, 4.69) is 10.2 Å². The Hall–Kier alpha value is -3.64. The van der Waals surface area contributed by atoms with Gasteiger partial charge in [-0.05, 0) is 74.1 Å². The molecule has 4 rings (SSSR count). The van der Waals surface area contributed by atoms with Crippen molar-refractivity contribution in [2.24, 2.45) is 0 Å². The van der Waals surface area contributed by atoms with E-state index in [4.69, 9.17) is 9.47 Å². The summed E-state index contributed by atoms with van der Waals surface area (Å²) in [6.45, 7) is 4.05. The van der Waals surface area contributed by atoms with E-state index in [1.165, 1.54) is 20.0 Å². The molecule has 3 aromatic rings. The lowest BCUT2D eigenvalue weighted by molar-refractivity contribution is -0.117. The Balaban J connectivity index is 1.47. The fourth-order valence-corrected chi connectivity index (χ4v) is 4.31. The van der Waals surface area contributed by atoms with Crippen LogP contribution in [0.25, 0.3) is 16.8 Å². The molecule has 1 saturated heterocycles. The number of benzene rings is 3. The Morgan fingerprint density at radius 1 is 0.971 bits per heavy atom. The first-order valence-electron chi connectivity index (χ1n) is 12.1. The Bertz CT molecular complexity index is 1180. The minimum absolute atomic E-state index is 0.130. The van der Waals surface area contributed by atoms with Crippen LogP contribution in [0.4, 0.5) is 0 Å². The zero-order chi connectivity index (χ0) is 24.5. The Morgan fingerprint density at radius 3 is 2.49 bits per heavy atom. The Labute approximate surface area is 206 Å². The molecule has 0 bridgehead atoms. The second-order valence-corrected chi connectivity index (χ2v) is 8.71. The molecule has 1 aliphatic rings. The van der Waals surface area contributed by atoms with E-state index in [9.17, 15) is 9.59 Å². The highest BCUT2D eigenvalue weighted by atomic mass is 16.5. The van der Waals surface area contributed by atoms with E-state index < -0.39 is 5.97 Å². The first kappa shape index (κ1) is 24.5. The summed E-state index contributed by atoms with van der Waals surface area (Å²) in [5, 5.41) is 5.14. The largest absolute Gasteiger partial charge is 0.488 e. The molecule has 0 radical (unpaired) electrons. The number of nitrogens with one attached hydrogen (secondary N) is 1.